The number of piperazine rings is 1. The molecule has 1 aliphatic heterocycles. The van der Waals surface area contributed by atoms with Gasteiger partial charge in [-0.1, -0.05) is 0 Å². The second kappa shape index (κ2) is 7.11. The highest BCUT2D eigenvalue weighted by Gasteiger charge is 2.30. The third-order valence-corrected chi connectivity index (χ3v) is 6.11. The van der Waals surface area contributed by atoms with Crippen LogP contribution in [0.15, 0.2) is 52.3 Å². The van der Waals surface area contributed by atoms with Crippen molar-refractivity contribution in [3.05, 3.63) is 64.1 Å². The van der Waals surface area contributed by atoms with Crippen molar-refractivity contribution in [2.45, 2.75) is 4.90 Å². The SMILES string of the molecule is N#Cc1ccc(S(=O)(=O)N2CCN(C(=O)c3ccc[nH]c3=O)CC2)cc1. The summed E-state index contributed by atoms with van der Waals surface area (Å²) in [6, 6.07) is 10.7. The van der Waals surface area contributed by atoms with Gasteiger partial charge in [-0.2, -0.15) is 9.57 Å². The van der Waals surface area contributed by atoms with Gasteiger partial charge in [-0.3, -0.25) is 9.59 Å². The highest BCUT2D eigenvalue weighted by atomic mass is 32.2. The first-order chi connectivity index (χ1) is 12.4. The fraction of sp³-hybridized carbons (Fsp3) is 0.235. The quantitative estimate of drug-likeness (QED) is 0.837. The van der Waals surface area contributed by atoms with Gasteiger partial charge >= 0.3 is 0 Å². The summed E-state index contributed by atoms with van der Waals surface area (Å²) in [6.07, 6.45) is 1.45. The average Bonchev–Trinajstić information content (AvgIpc) is 2.68. The Bertz CT molecular complexity index is 1010. The molecule has 1 fully saturated rings. The lowest BCUT2D eigenvalue weighted by Crippen LogP contribution is -2.51. The van der Waals surface area contributed by atoms with Crippen LogP contribution in [0.1, 0.15) is 15.9 Å². The average molecular weight is 372 g/mol. The molecule has 0 aliphatic carbocycles. The minimum atomic E-state index is -3.69. The predicted molar refractivity (Wildman–Crippen MR) is 92.9 cm³/mol. The molecule has 2 aromatic rings. The summed E-state index contributed by atoms with van der Waals surface area (Å²) in [4.78, 5) is 28.2. The van der Waals surface area contributed by atoms with E-state index in [4.69, 9.17) is 5.26 Å². The maximum atomic E-state index is 12.7. The number of hydrogen-bond donors (Lipinski definition) is 1. The molecule has 0 radical (unpaired) electrons. The molecule has 0 bridgehead atoms. The van der Waals surface area contributed by atoms with Gasteiger partial charge < -0.3 is 9.88 Å². The van der Waals surface area contributed by atoms with Crippen LogP contribution in [0.4, 0.5) is 0 Å². The van der Waals surface area contributed by atoms with Crippen LogP contribution in [-0.4, -0.2) is 54.7 Å². The zero-order valence-corrected chi connectivity index (χ0v) is 14.6. The molecule has 8 nitrogen and oxygen atoms in total. The predicted octanol–water partition coefficient (Wildman–Crippen LogP) is 0.393. The number of aromatic nitrogens is 1. The minimum Gasteiger partial charge on any atom is -0.336 e. The Hall–Kier alpha value is -2.96. The number of nitrogens with zero attached hydrogens (tertiary/aromatic N) is 3. The van der Waals surface area contributed by atoms with Crippen molar-refractivity contribution in [1.82, 2.24) is 14.2 Å². The van der Waals surface area contributed by atoms with E-state index in [0.717, 1.165) is 0 Å². The standard InChI is InChI=1S/C17H16N4O4S/c18-12-13-3-5-14(6-4-13)26(24,25)21-10-8-20(9-11-21)17(23)15-2-1-7-19-16(15)22/h1-7H,8-11H2,(H,19,22). The lowest BCUT2D eigenvalue weighted by molar-refractivity contribution is 0.0696. The molecule has 0 atom stereocenters. The van der Waals surface area contributed by atoms with Crippen LogP contribution >= 0.6 is 0 Å². The second-order valence-electron chi connectivity index (χ2n) is 5.75. The molecule has 1 amide bonds. The van der Waals surface area contributed by atoms with Gasteiger partial charge in [-0.15, -0.1) is 0 Å². The van der Waals surface area contributed by atoms with Crippen molar-refractivity contribution in [2.75, 3.05) is 26.2 Å². The number of rotatable bonds is 3. The Kier molecular flexibility index (Phi) is 4.88. The zero-order chi connectivity index (χ0) is 18.7. The number of hydrogen-bond acceptors (Lipinski definition) is 5. The van der Waals surface area contributed by atoms with Crippen LogP contribution in [0.25, 0.3) is 0 Å². The largest absolute Gasteiger partial charge is 0.336 e. The van der Waals surface area contributed by atoms with Crippen LogP contribution in [-0.2, 0) is 10.0 Å². The molecule has 2 heterocycles. The number of pyridine rings is 1. The smallest absolute Gasteiger partial charge is 0.260 e. The van der Waals surface area contributed by atoms with Gasteiger partial charge in [0.15, 0.2) is 0 Å². The maximum absolute atomic E-state index is 12.7. The molecule has 3 rings (SSSR count). The molecule has 0 saturated carbocycles. The normalized spacial score (nSPS) is 15.4. The van der Waals surface area contributed by atoms with Gasteiger partial charge in [-0.05, 0) is 36.4 Å². The zero-order valence-electron chi connectivity index (χ0n) is 13.8. The molecule has 0 unspecified atom stereocenters. The first kappa shape index (κ1) is 17.8. The third kappa shape index (κ3) is 3.37. The van der Waals surface area contributed by atoms with Crippen LogP contribution in [0, 0.1) is 11.3 Å². The van der Waals surface area contributed by atoms with E-state index < -0.39 is 21.5 Å². The first-order valence-corrected chi connectivity index (χ1v) is 9.35. The molecule has 1 N–H and O–H groups in total. The van der Waals surface area contributed by atoms with Crippen molar-refractivity contribution in [3.8, 4) is 6.07 Å². The topological polar surface area (TPSA) is 114 Å². The number of amides is 1. The van der Waals surface area contributed by atoms with E-state index in [9.17, 15) is 18.0 Å². The van der Waals surface area contributed by atoms with Crippen LogP contribution < -0.4 is 5.56 Å². The summed E-state index contributed by atoms with van der Waals surface area (Å²) >= 11 is 0. The summed E-state index contributed by atoms with van der Waals surface area (Å²) in [6.45, 7) is 0.670. The summed E-state index contributed by atoms with van der Waals surface area (Å²) in [7, 11) is -3.69. The molecule has 1 aromatic carbocycles. The van der Waals surface area contributed by atoms with Crippen molar-refractivity contribution in [1.29, 1.82) is 5.26 Å². The Morgan fingerprint density at radius 1 is 1.08 bits per heavy atom. The van der Waals surface area contributed by atoms with E-state index in [1.807, 2.05) is 6.07 Å². The number of carbonyl (C=O) groups is 1. The van der Waals surface area contributed by atoms with Gasteiger partial charge in [0, 0.05) is 32.4 Å². The minimum absolute atomic E-state index is 0.0379. The summed E-state index contributed by atoms with van der Waals surface area (Å²) < 4.78 is 26.6. The van der Waals surface area contributed by atoms with E-state index in [-0.39, 0.29) is 36.6 Å². The Balaban J connectivity index is 1.71. The number of carbonyl (C=O) groups excluding carboxylic acids is 1. The number of sulfonamides is 1. The highest BCUT2D eigenvalue weighted by molar-refractivity contribution is 7.89. The lowest BCUT2D eigenvalue weighted by Gasteiger charge is -2.33. The number of H-pyrrole nitrogens is 1. The monoisotopic (exact) mass is 372 g/mol. The van der Waals surface area contributed by atoms with Crippen molar-refractivity contribution in [2.24, 2.45) is 0 Å². The molecule has 134 valence electrons. The molecular weight excluding hydrogens is 356 g/mol. The molecule has 26 heavy (non-hydrogen) atoms. The van der Waals surface area contributed by atoms with Gasteiger partial charge in [0.25, 0.3) is 11.5 Å². The molecule has 1 aromatic heterocycles. The Morgan fingerprint density at radius 2 is 1.73 bits per heavy atom. The number of aromatic amines is 1. The van der Waals surface area contributed by atoms with Crippen molar-refractivity contribution < 1.29 is 13.2 Å². The maximum Gasteiger partial charge on any atom is 0.260 e. The summed E-state index contributed by atoms with van der Waals surface area (Å²) in [5, 5.41) is 8.80. The van der Waals surface area contributed by atoms with Crippen LogP contribution in [0.3, 0.4) is 0 Å². The van der Waals surface area contributed by atoms with Gasteiger partial charge in [0.05, 0.1) is 16.5 Å². The molecule has 1 aliphatic rings. The lowest BCUT2D eigenvalue weighted by atomic mass is 10.2. The number of nitriles is 1. The van der Waals surface area contributed by atoms with E-state index in [0.29, 0.717) is 5.56 Å². The molecule has 0 spiro atoms. The van der Waals surface area contributed by atoms with Crippen molar-refractivity contribution in [3.63, 3.8) is 0 Å². The molecular formula is C17H16N4O4S. The first-order valence-electron chi connectivity index (χ1n) is 7.91. The van der Waals surface area contributed by atoms with E-state index in [1.54, 1.807) is 6.07 Å². The molecule has 1 saturated heterocycles. The van der Waals surface area contributed by atoms with Gasteiger partial charge in [0.2, 0.25) is 10.0 Å². The van der Waals surface area contributed by atoms with Gasteiger partial charge in [-0.25, -0.2) is 8.42 Å². The molecule has 9 heteroatoms. The van der Waals surface area contributed by atoms with Crippen LogP contribution in [0.2, 0.25) is 0 Å². The summed E-state index contributed by atoms with van der Waals surface area (Å²) in [5.74, 6) is -0.415. The third-order valence-electron chi connectivity index (χ3n) is 4.20. The highest BCUT2D eigenvalue weighted by Crippen LogP contribution is 2.18. The van der Waals surface area contributed by atoms with Crippen LogP contribution in [0.5, 0.6) is 0 Å². The second-order valence-corrected chi connectivity index (χ2v) is 7.68. The van der Waals surface area contributed by atoms with Crippen molar-refractivity contribution >= 4 is 15.9 Å². The number of nitrogens with one attached hydrogen (secondary N) is 1. The fourth-order valence-corrected chi connectivity index (χ4v) is 4.16. The van der Waals surface area contributed by atoms with E-state index in [2.05, 4.69) is 4.98 Å². The number of benzene rings is 1. The Morgan fingerprint density at radius 3 is 2.31 bits per heavy atom. The van der Waals surface area contributed by atoms with Gasteiger partial charge in [0.1, 0.15) is 5.56 Å². The Labute approximate surface area is 150 Å². The fourth-order valence-electron chi connectivity index (χ4n) is 2.74. The van der Waals surface area contributed by atoms with E-state index >= 15 is 0 Å². The summed E-state index contributed by atoms with van der Waals surface area (Å²) in [5.41, 5.74) is -0.0477. The van der Waals surface area contributed by atoms with E-state index in [1.165, 1.54) is 45.7 Å².